The van der Waals surface area contributed by atoms with Gasteiger partial charge in [0.1, 0.15) is 23.1 Å². The maximum atomic E-state index is 12.5. The van der Waals surface area contributed by atoms with Gasteiger partial charge in [-0.3, -0.25) is 4.79 Å². The zero-order valence-electron chi connectivity index (χ0n) is 15.4. The van der Waals surface area contributed by atoms with Gasteiger partial charge in [-0.25, -0.2) is 0 Å². The molecule has 0 aliphatic rings. The van der Waals surface area contributed by atoms with Crippen LogP contribution in [-0.4, -0.2) is 19.1 Å². The largest absolute Gasteiger partial charge is 0.495 e. The molecular formula is C21H22N2O3. The van der Waals surface area contributed by atoms with E-state index >= 15 is 0 Å². The lowest BCUT2D eigenvalue weighted by Crippen LogP contribution is -2.14. The lowest BCUT2D eigenvalue weighted by molar-refractivity contribution is -0.112. The molecule has 5 heteroatoms. The fraction of sp³-hybridized carbons (Fsp3) is 0.238. The first-order chi connectivity index (χ1) is 12.4. The van der Waals surface area contributed by atoms with Crippen LogP contribution in [0.4, 0.5) is 5.69 Å². The van der Waals surface area contributed by atoms with Crippen molar-refractivity contribution in [3.05, 3.63) is 59.2 Å². The monoisotopic (exact) mass is 350 g/mol. The highest BCUT2D eigenvalue weighted by Crippen LogP contribution is 2.26. The number of benzene rings is 2. The second-order valence-electron chi connectivity index (χ2n) is 6.06. The highest BCUT2D eigenvalue weighted by Gasteiger charge is 2.12. The number of nitriles is 1. The minimum atomic E-state index is -0.487. The van der Waals surface area contributed by atoms with Gasteiger partial charge in [0.2, 0.25) is 0 Å². The van der Waals surface area contributed by atoms with Crippen LogP contribution in [0.1, 0.15) is 25.0 Å². The summed E-state index contributed by atoms with van der Waals surface area (Å²) in [5, 5.41) is 12.1. The summed E-state index contributed by atoms with van der Waals surface area (Å²) in [6.45, 7) is 5.81. The third-order valence-electron chi connectivity index (χ3n) is 3.53. The molecule has 0 aliphatic carbocycles. The second kappa shape index (κ2) is 8.72. The van der Waals surface area contributed by atoms with Crippen molar-refractivity contribution in [3.63, 3.8) is 0 Å². The van der Waals surface area contributed by atoms with Crippen LogP contribution in [0, 0.1) is 18.3 Å². The summed E-state index contributed by atoms with van der Waals surface area (Å²) in [5.74, 6) is 0.792. The summed E-state index contributed by atoms with van der Waals surface area (Å²) in [6.07, 6.45) is 1.62. The third-order valence-corrected chi connectivity index (χ3v) is 3.53. The Morgan fingerprint density at radius 2 is 1.88 bits per heavy atom. The SMILES string of the molecule is COc1ccc(C)cc1NC(=O)/C(C#N)=C/c1ccc(OC(C)C)cc1. The smallest absolute Gasteiger partial charge is 0.266 e. The van der Waals surface area contributed by atoms with E-state index in [1.54, 1.807) is 24.3 Å². The number of methoxy groups -OCH3 is 1. The van der Waals surface area contributed by atoms with Gasteiger partial charge in [-0.1, -0.05) is 18.2 Å². The Kier molecular flexibility index (Phi) is 6.40. The Balaban J connectivity index is 2.19. The molecule has 0 radical (unpaired) electrons. The van der Waals surface area contributed by atoms with Crippen molar-refractivity contribution in [2.45, 2.75) is 26.9 Å². The van der Waals surface area contributed by atoms with Gasteiger partial charge in [-0.15, -0.1) is 0 Å². The number of nitrogens with one attached hydrogen (secondary N) is 1. The zero-order chi connectivity index (χ0) is 19.1. The standard InChI is InChI=1S/C21H22N2O3/c1-14(2)26-18-8-6-16(7-9-18)12-17(13-22)21(24)23-19-11-15(3)5-10-20(19)25-4/h5-12,14H,1-4H3,(H,23,24)/b17-12+. The van der Waals surface area contributed by atoms with Gasteiger partial charge >= 0.3 is 0 Å². The number of hydrogen-bond acceptors (Lipinski definition) is 4. The molecular weight excluding hydrogens is 328 g/mol. The molecule has 0 heterocycles. The van der Waals surface area contributed by atoms with E-state index in [9.17, 15) is 10.1 Å². The van der Waals surface area contributed by atoms with Gasteiger partial charge in [0.15, 0.2) is 0 Å². The molecule has 0 bridgehead atoms. The Bertz CT molecular complexity index is 847. The molecule has 0 fully saturated rings. The fourth-order valence-corrected chi connectivity index (χ4v) is 2.34. The number of ether oxygens (including phenoxy) is 2. The summed E-state index contributed by atoms with van der Waals surface area (Å²) in [6, 6.07) is 14.6. The van der Waals surface area contributed by atoms with E-state index in [0.29, 0.717) is 11.4 Å². The molecule has 2 rings (SSSR count). The Labute approximate surface area is 153 Å². The van der Waals surface area contributed by atoms with E-state index in [1.807, 2.05) is 45.0 Å². The van der Waals surface area contributed by atoms with Crippen LogP contribution >= 0.6 is 0 Å². The quantitative estimate of drug-likeness (QED) is 0.621. The lowest BCUT2D eigenvalue weighted by Gasteiger charge is -2.11. The molecule has 0 aliphatic heterocycles. The molecule has 2 aromatic rings. The molecule has 134 valence electrons. The fourth-order valence-electron chi connectivity index (χ4n) is 2.34. The van der Waals surface area contributed by atoms with Crippen molar-refractivity contribution in [1.29, 1.82) is 5.26 Å². The molecule has 0 aromatic heterocycles. The number of carbonyl (C=O) groups is 1. The number of aryl methyl sites for hydroxylation is 1. The van der Waals surface area contributed by atoms with Gasteiger partial charge in [-0.2, -0.15) is 5.26 Å². The predicted octanol–water partition coefficient (Wildman–Crippen LogP) is 4.34. The summed E-state index contributed by atoms with van der Waals surface area (Å²) >= 11 is 0. The molecule has 5 nitrogen and oxygen atoms in total. The number of amides is 1. The number of anilines is 1. The van der Waals surface area contributed by atoms with Gasteiger partial charge in [0.05, 0.1) is 18.9 Å². The zero-order valence-corrected chi connectivity index (χ0v) is 15.4. The Morgan fingerprint density at radius 3 is 2.46 bits per heavy atom. The molecule has 0 saturated heterocycles. The van der Waals surface area contributed by atoms with Crippen LogP contribution in [0.3, 0.4) is 0 Å². The first-order valence-electron chi connectivity index (χ1n) is 8.27. The molecule has 1 N–H and O–H groups in total. The van der Waals surface area contributed by atoms with Gasteiger partial charge in [0, 0.05) is 0 Å². The summed E-state index contributed by atoms with van der Waals surface area (Å²) in [7, 11) is 1.53. The van der Waals surface area contributed by atoms with E-state index in [2.05, 4.69) is 5.32 Å². The van der Waals surface area contributed by atoms with Crippen molar-refractivity contribution in [3.8, 4) is 17.6 Å². The van der Waals surface area contributed by atoms with Crippen LogP contribution in [-0.2, 0) is 4.79 Å². The molecule has 0 spiro atoms. The van der Waals surface area contributed by atoms with Gasteiger partial charge in [0.25, 0.3) is 5.91 Å². The molecule has 26 heavy (non-hydrogen) atoms. The normalized spacial score (nSPS) is 11.0. The van der Waals surface area contributed by atoms with E-state index in [1.165, 1.54) is 13.2 Å². The number of hydrogen-bond donors (Lipinski definition) is 1. The van der Waals surface area contributed by atoms with Gasteiger partial charge < -0.3 is 14.8 Å². The summed E-state index contributed by atoms with van der Waals surface area (Å²) in [4.78, 5) is 12.5. The minimum Gasteiger partial charge on any atom is -0.495 e. The maximum Gasteiger partial charge on any atom is 0.266 e. The third kappa shape index (κ3) is 5.12. The first-order valence-corrected chi connectivity index (χ1v) is 8.27. The van der Waals surface area contributed by atoms with E-state index in [-0.39, 0.29) is 11.7 Å². The number of rotatable bonds is 6. The van der Waals surface area contributed by atoms with Crippen molar-refractivity contribution < 1.29 is 14.3 Å². The summed E-state index contributed by atoms with van der Waals surface area (Å²) < 4.78 is 10.8. The van der Waals surface area contributed by atoms with Crippen LogP contribution in [0.25, 0.3) is 6.08 Å². The second-order valence-corrected chi connectivity index (χ2v) is 6.06. The van der Waals surface area contributed by atoms with E-state index in [4.69, 9.17) is 9.47 Å². The average Bonchev–Trinajstić information content (AvgIpc) is 2.60. The number of nitrogens with zero attached hydrogens (tertiary/aromatic N) is 1. The molecule has 0 atom stereocenters. The highest BCUT2D eigenvalue weighted by molar-refractivity contribution is 6.10. The van der Waals surface area contributed by atoms with Crippen LogP contribution < -0.4 is 14.8 Å². The average molecular weight is 350 g/mol. The van der Waals surface area contributed by atoms with Crippen LogP contribution in [0.2, 0.25) is 0 Å². The van der Waals surface area contributed by atoms with Crippen LogP contribution in [0.15, 0.2) is 48.0 Å². The van der Waals surface area contributed by atoms with Crippen LogP contribution in [0.5, 0.6) is 11.5 Å². The predicted molar refractivity (Wildman–Crippen MR) is 102 cm³/mol. The van der Waals surface area contributed by atoms with Crippen molar-refractivity contribution in [2.24, 2.45) is 0 Å². The molecule has 0 unspecified atom stereocenters. The molecule has 2 aromatic carbocycles. The molecule has 1 amide bonds. The Morgan fingerprint density at radius 1 is 1.19 bits per heavy atom. The number of carbonyl (C=O) groups excluding carboxylic acids is 1. The van der Waals surface area contributed by atoms with E-state index in [0.717, 1.165) is 16.9 Å². The lowest BCUT2D eigenvalue weighted by atomic mass is 10.1. The topological polar surface area (TPSA) is 71.3 Å². The highest BCUT2D eigenvalue weighted by atomic mass is 16.5. The van der Waals surface area contributed by atoms with Crippen molar-refractivity contribution in [1.82, 2.24) is 0 Å². The maximum absolute atomic E-state index is 12.5. The first kappa shape index (κ1) is 19.1. The van der Waals surface area contributed by atoms with E-state index < -0.39 is 5.91 Å². The van der Waals surface area contributed by atoms with Crippen molar-refractivity contribution >= 4 is 17.7 Å². The minimum absolute atomic E-state index is 0.00564. The summed E-state index contributed by atoms with van der Waals surface area (Å²) in [5.41, 5.74) is 2.25. The van der Waals surface area contributed by atoms with Gasteiger partial charge in [-0.05, 0) is 62.2 Å². The molecule has 0 saturated carbocycles. The van der Waals surface area contributed by atoms with Crippen molar-refractivity contribution in [2.75, 3.05) is 12.4 Å². The Hall–Kier alpha value is -3.26.